The standard InChI is InChI=1S/C16H16ClN3O/c1-3-4-13-10(2)18-15-9-14(19-20(15)16(13)21)11-5-7-12(17)8-6-11/h5-9,19H,3-4H2,1-2H3. The van der Waals surface area contributed by atoms with Gasteiger partial charge in [-0.3, -0.25) is 9.89 Å². The van der Waals surface area contributed by atoms with Gasteiger partial charge in [-0.15, -0.1) is 0 Å². The van der Waals surface area contributed by atoms with Gasteiger partial charge in [0.05, 0.1) is 5.69 Å². The van der Waals surface area contributed by atoms with Gasteiger partial charge in [0.1, 0.15) is 0 Å². The molecular formula is C16H16ClN3O. The lowest BCUT2D eigenvalue weighted by atomic mass is 10.1. The van der Waals surface area contributed by atoms with Gasteiger partial charge in [0.2, 0.25) is 0 Å². The fourth-order valence-electron chi connectivity index (χ4n) is 2.48. The highest BCUT2D eigenvalue weighted by atomic mass is 35.5. The zero-order valence-corrected chi connectivity index (χ0v) is 12.7. The van der Waals surface area contributed by atoms with Crippen molar-refractivity contribution in [2.45, 2.75) is 26.7 Å². The molecule has 0 spiro atoms. The molecule has 2 aromatic heterocycles. The van der Waals surface area contributed by atoms with Crippen LogP contribution >= 0.6 is 11.6 Å². The third kappa shape index (κ3) is 2.47. The van der Waals surface area contributed by atoms with Crippen molar-refractivity contribution < 1.29 is 0 Å². The Bertz CT molecular complexity index is 846. The maximum Gasteiger partial charge on any atom is 0.276 e. The number of aromatic nitrogens is 3. The molecular weight excluding hydrogens is 286 g/mol. The second kappa shape index (κ2) is 5.37. The Morgan fingerprint density at radius 2 is 2.00 bits per heavy atom. The van der Waals surface area contributed by atoms with Crippen LogP contribution in [0.15, 0.2) is 35.1 Å². The SMILES string of the molecule is CCCc1c(C)nc2cc(-c3ccc(Cl)cc3)[nH]n2c1=O. The van der Waals surface area contributed by atoms with Crippen LogP contribution in [-0.4, -0.2) is 14.6 Å². The molecule has 0 aliphatic carbocycles. The van der Waals surface area contributed by atoms with Gasteiger partial charge < -0.3 is 0 Å². The summed E-state index contributed by atoms with van der Waals surface area (Å²) in [4.78, 5) is 17.0. The maximum atomic E-state index is 12.5. The molecule has 0 atom stereocenters. The van der Waals surface area contributed by atoms with Crippen molar-refractivity contribution in [3.05, 3.63) is 57.0 Å². The first-order chi connectivity index (χ1) is 10.1. The van der Waals surface area contributed by atoms with Crippen molar-refractivity contribution >= 4 is 17.2 Å². The number of rotatable bonds is 3. The summed E-state index contributed by atoms with van der Waals surface area (Å²) in [6.07, 6.45) is 1.67. The molecule has 3 aromatic rings. The summed E-state index contributed by atoms with van der Waals surface area (Å²) in [5.41, 5.74) is 4.04. The quantitative estimate of drug-likeness (QED) is 0.803. The minimum atomic E-state index is -0.0143. The minimum absolute atomic E-state index is 0.0143. The number of nitrogens with zero attached hydrogens (tertiary/aromatic N) is 2. The lowest BCUT2D eigenvalue weighted by Gasteiger charge is -2.03. The molecule has 4 nitrogen and oxygen atoms in total. The van der Waals surface area contributed by atoms with E-state index in [1.807, 2.05) is 37.3 Å². The molecule has 3 rings (SSSR count). The lowest BCUT2D eigenvalue weighted by molar-refractivity contribution is 0.819. The molecule has 2 heterocycles. The summed E-state index contributed by atoms with van der Waals surface area (Å²) in [5.74, 6) is 0. The summed E-state index contributed by atoms with van der Waals surface area (Å²) < 4.78 is 1.52. The summed E-state index contributed by atoms with van der Waals surface area (Å²) >= 11 is 5.90. The monoisotopic (exact) mass is 301 g/mol. The Labute approximate surface area is 127 Å². The Balaban J connectivity index is 2.18. The van der Waals surface area contributed by atoms with E-state index in [9.17, 15) is 4.79 Å². The normalized spacial score (nSPS) is 11.2. The molecule has 21 heavy (non-hydrogen) atoms. The average Bonchev–Trinajstić information content (AvgIpc) is 2.88. The van der Waals surface area contributed by atoms with E-state index >= 15 is 0 Å². The molecule has 0 unspecified atom stereocenters. The summed E-state index contributed by atoms with van der Waals surface area (Å²) in [7, 11) is 0. The van der Waals surface area contributed by atoms with Crippen molar-refractivity contribution in [3.8, 4) is 11.3 Å². The van der Waals surface area contributed by atoms with Crippen LogP contribution in [0.2, 0.25) is 5.02 Å². The fraction of sp³-hybridized carbons (Fsp3) is 0.250. The molecule has 108 valence electrons. The number of aryl methyl sites for hydroxylation is 1. The molecule has 0 aliphatic rings. The molecule has 0 bridgehead atoms. The molecule has 1 N–H and O–H groups in total. The van der Waals surface area contributed by atoms with Crippen molar-refractivity contribution in [2.75, 3.05) is 0 Å². The van der Waals surface area contributed by atoms with E-state index in [1.165, 1.54) is 4.52 Å². The molecule has 0 amide bonds. The van der Waals surface area contributed by atoms with E-state index in [1.54, 1.807) is 0 Å². The maximum absolute atomic E-state index is 12.5. The number of halogens is 1. The number of benzene rings is 1. The Kier molecular flexibility index (Phi) is 3.55. The molecule has 0 radical (unpaired) electrons. The van der Waals surface area contributed by atoms with E-state index < -0.39 is 0 Å². The average molecular weight is 302 g/mol. The van der Waals surface area contributed by atoms with Crippen molar-refractivity contribution in [3.63, 3.8) is 0 Å². The first-order valence-electron chi connectivity index (χ1n) is 6.97. The Morgan fingerprint density at radius 3 is 2.67 bits per heavy atom. The van der Waals surface area contributed by atoms with E-state index in [2.05, 4.69) is 17.0 Å². The molecule has 0 saturated carbocycles. The number of nitrogens with one attached hydrogen (secondary N) is 1. The minimum Gasteiger partial charge on any atom is -0.289 e. The fourth-order valence-corrected chi connectivity index (χ4v) is 2.61. The van der Waals surface area contributed by atoms with Crippen LogP contribution in [0.3, 0.4) is 0 Å². The van der Waals surface area contributed by atoms with Crippen molar-refractivity contribution in [2.24, 2.45) is 0 Å². The van der Waals surface area contributed by atoms with Gasteiger partial charge >= 0.3 is 0 Å². The second-order valence-corrected chi connectivity index (χ2v) is 5.54. The first-order valence-corrected chi connectivity index (χ1v) is 7.35. The highest BCUT2D eigenvalue weighted by Gasteiger charge is 2.12. The van der Waals surface area contributed by atoms with E-state index in [-0.39, 0.29) is 5.56 Å². The third-order valence-electron chi connectivity index (χ3n) is 3.57. The predicted octanol–water partition coefficient (Wildman–Crippen LogP) is 3.60. The van der Waals surface area contributed by atoms with E-state index in [0.717, 1.165) is 35.4 Å². The topological polar surface area (TPSA) is 50.2 Å². The molecule has 0 saturated heterocycles. The van der Waals surface area contributed by atoms with Crippen molar-refractivity contribution in [1.82, 2.24) is 14.6 Å². The van der Waals surface area contributed by atoms with Crippen LogP contribution in [0.1, 0.15) is 24.6 Å². The smallest absolute Gasteiger partial charge is 0.276 e. The molecule has 1 aromatic carbocycles. The zero-order valence-electron chi connectivity index (χ0n) is 12.0. The number of H-pyrrole nitrogens is 1. The van der Waals surface area contributed by atoms with Crippen LogP contribution in [0.25, 0.3) is 16.9 Å². The molecule has 5 heteroatoms. The molecule has 0 fully saturated rings. The Morgan fingerprint density at radius 1 is 1.29 bits per heavy atom. The summed E-state index contributed by atoms with van der Waals surface area (Å²) in [5, 5.41) is 3.81. The van der Waals surface area contributed by atoms with Gasteiger partial charge in [-0.2, -0.15) is 0 Å². The van der Waals surface area contributed by atoms with Crippen LogP contribution < -0.4 is 5.56 Å². The van der Waals surface area contributed by atoms with Gasteiger partial charge in [-0.1, -0.05) is 37.1 Å². The highest BCUT2D eigenvalue weighted by Crippen LogP contribution is 2.21. The number of hydrogen-bond donors (Lipinski definition) is 1. The largest absolute Gasteiger partial charge is 0.289 e. The zero-order chi connectivity index (χ0) is 15.0. The number of aromatic amines is 1. The van der Waals surface area contributed by atoms with Gasteiger partial charge in [0, 0.05) is 22.3 Å². The van der Waals surface area contributed by atoms with Gasteiger partial charge in [-0.25, -0.2) is 9.50 Å². The van der Waals surface area contributed by atoms with Gasteiger partial charge in [0.25, 0.3) is 5.56 Å². The lowest BCUT2D eigenvalue weighted by Crippen LogP contribution is -2.21. The van der Waals surface area contributed by atoms with Gasteiger partial charge in [0.15, 0.2) is 5.65 Å². The second-order valence-electron chi connectivity index (χ2n) is 5.10. The Hall–Kier alpha value is -2.07. The van der Waals surface area contributed by atoms with E-state index in [4.69, 9.17) is 11.6 Å². The summed E-state index contributed by atoms with van der Waals surface area (Å²) in [6, 6.07) is 9.36. The third-order valence-corrected chi connectivity index (χ3v) is 3.82. The van der Waals surface area contributed by atoms with Crippen LogP contribution in [0.5, 0.6) is 0 Å². The molecule has 0 aliphatic heterocycles. The van der Waals surface area contributed by atoms with Crippen LogP contribution in [0.4, 0.5) is 0 Å². The highest BCUT2D eigenvalue weighted by molar-refractivity contribution is 6.30. The number of fused-ring (bicyclic) bond motifs is 1. The van der Waals surface area contributed by atoms with Gasteiger partial charge in [-0.05, 0) is 31.0 Å². The number of hydrogen-bond acceptors (Lipinski definition) is 2. The summed E-state index contributed by atoms with van der Waals surface area (Å²) in [6.45, 7) is 3.95. The van der Waals surface area contributed by atoms with Crippen molar-refractivity contribution in [1.29, 1.82) is 0 Å². The van der Waals surface area contributed by atoms with Crippen LogP contribution in [-0.2, 0) is 6.42 Å². The van der Waals surface area contributed by atoms with Crippen LogP contribution in [0, 0.1) is 6.92 Å². The predicted molar refractivity (Wildman–Crippen MR) is 85.0 cm³/mol. The van der Waals surface area contributed by atoms with E-state index in [0.29, 0.717) is 10.7 Å². The first kappa shape index (κ1) is 13.9.